The van der Waals surface area contributed by atoms with Crippen LogP contribution in [-0.2, 0) is 16.2 Å². The van der Waals surface area contributed by atoms with Crippen LogP contribution in [0.25, 0.3) is 6.08 Å². The molecule has 0 saturated carbocycles. The first-order valence-corrected chi connectivity index (χ1v) is 12.2. The number of nitrogens with zero attached hydrogens (tertiary/aromatic N) is 1. The summed E-state index contributed by atoms with van der Waals surface area (Å²) in [6, 6.07) is 15.2. The molecule has 1 aliphatic heterocycles. The van der Waals surface area contributed by atoms with E-state index in [1.165, 1.54) is 43.5 Å². The van der Waals surface area contributed by atoms with E-state index in [9.17, 15) is 23.9 Å². The van der Waals surface area contributed by atoms with E-state index in [4.69, 9.17) is 21.7 Å². The van der Waals surface area contributed by atoms with Gasteiger partial charge in [-0.1, -0.05) is 24.3 Å². The summed E-state index contributed by atoms with van der Waals surface area (Å²) in [4.78, 5) is 38.4. The van der Waals surface area contributed by atoms with Crippen molar-refractivity contribution in [3.63, 3.8) is 0 Å². The number of carbonyl (C=O) groups is 3. The fourth-order valence-corrected chi connectivity index (χ4v) is 4.63. The lowest BCUT2D eigenvalue weighted by Gasteiger charge is -2.29. The highest BCUT2D eigenvalue weighted by Gasteiger charge is 2.35. The van der Waals surface area contributed by atoms with E-state index in [0.29, 0.717) is 26.2 Å². The number of methoxy groups -OCH3 is 1. The highest BCUT2D eigenvalue weighted by atomic mass is 127. The van der Waals surface area contributed by atoms with Crippen molar-refractivity contribution in [2.45, 2.75) is 6.61 Å². The largest absolute Gasteiger partial charge is 0.493 e. The number of carboxylic acid groups (broad SMARTS) is 1. The molecule has 1 saturated heterocycles. The van der Waals surface area contributed by atoms with Crippen molar-refractivity contribution in [2.24, 2.45) is 0 Å². The molecule has 3 aromatic rings. The molecular formula is C26H18FIN2O6S. The maximum atomic E-state index is 14.0. The van der Waals surface area contributed by atoms with Gasteiger partial charge in [-0.3, -0.25) is 19.8 Å². The molecule has 188 valence electrons. The van der Waals surface area contributed by atoms with E-state index < -0.39 is 23.6 Å². The smallest absolute Gasteiger partial charge is 0.335 e. The van der Waals surface area contributed by atoms with Crippen LogP contribution in [0, 0.1) is 9.39 Å². The second kappa shape index (κ2) is 11.0. The first kappa shape index (κ1) is 26.2. The van der Waals surface area contributed by atoms with Crippen LogP contribution < -0.4 is 19.7 Å². The number of nitrogens with one attached hydrogen (secondary N) is 1. The quantitative estimate of drug-likeness (QED) is 0.171. The number of carboxylic acids is 1. The van der Waals surface area contributed by atoms with Crippen LogP contribution in [-0.4, -0.2) is 35.1 Å². The number of ether oxygens (including phenoxy) is 2. The molecule has 1 fully saturated rings. The van der Waals surface area contributed by atoms with Gasteiger partial charge >= 0.3 is 5.97 Å². The standard InChI is InChI=1S/C26H18FIN2O6S/c1-35-21-11-14(10-20(28)22(21)36-13-16-5-2-3-8-19(16)27)9-18-23(31)29-26(37)30(24(18)32)17-7-4-6-15(12-17)25(33)34/h2-12H,13H2,1H3,(H,33,34)(H,29,31,37). The Kier molecular flexibility index (Phi) is 7.83. The molecule has 2 amide bonds. The summed E-state index contributed by atoms with van der Waals surface area (Å²) in [5.74, 6) is -2.28. The minimum atomic E-state index is -1.17. The number of hydrogen-bond acceptors (Lipinski definition) is 6. The second-order valence-corrected chi connectivity index (χ2v) is 9.28. The number of benzene rings is 3. The molecular weight excluding hydrogens is 614 g/mol. The topological polar surface area (TPSA) is 105 Å². The van der Waals surface area contributed by atoms with Crippen molar-refractivity contribution in [3.8, 4) is 11.5 Å². The monoisotopic (exact) mass is 632 g/mol. The SMILES string of the molecule is COc1cc(C=C2C(=O)NC(=S)N(c3cccc(C(=O)O)c3)C2=O)cc(I)c1OCc1ccccc1F. The van der Waals surface area contributed by atoms with E-state index in [2.05, 4.69) is 5.32 Å². The summed E-state index contributed by atoms with van der Waals surface area (Å²) in [6.07, 6.45) is 1.37. The summed E-state index contributed by atoms with van der Waals surface area (Å²) >= 11 is 7.20. The summed E-state index contributed by atoms with van der Waals surface area (Å²) in [6.45, 7) is -0.0256. The Balaban J connectivity index is 1.66. The van der Waals surface area contributed by atoms with Gasteiger partial charge in [-0.25, -0.2) is 9.18 Å². The number of thiocarbonyl (C=S) groups is 1. The zero-order chi connectivity index (χ0) is 26.7. The Morgan fingerprint density at radius 1 is 1.16 bits per heavy atom. The molecule has 37 heavy (non-hydrogen) atoms. The molecule has 1 aliphatic rings. The van der Waals surface area contributed by atoms with Gasteiger partial charge in [-0.2, -0.15) is 0 Å². The number of amides is 2. The third-order valence-electron chi connectivity index (χ3n) is 5.35. The normalized spacial score (nSPS) is 14.5. The van der Waals surface area contributed by atoms with Gasteiger partial charge in [0.25, 0.3) is 11.8 Å². The van der Waals surface area contributed by atoms with E-state index in [1.807, 2.05) is 22.6 Å². The van der Waals surface area contributed by atoms with Crippen molar-refractivity contribution in [1.29, 1.82) is 0 Å². The van der Waals surface area contributed by atoms with Crippen molar-refractivity contribution >= 4 is 69.5 Å². The van der Waals surface area contributed by atoms with Crippen LogP contribution in [0.5, 0.6) is 11.5 Å². The van der Waals surface area contributed by atoms with Crippen molar-refractivity contribution < 1.29 is 33.4 Å². The zero-order valence-electron chi connectivity index (χ0n) is 19.2. The molecule has 11 heteroatoms. The van der Waals surface area contributed by atoms with Gasteiger partial charge in [0.1, 0.15) is 18.0 Å². The summed E-state index contributed by atoms with van der Waals surface area (Å²) in [5, 5.41) is 11.6. The fraction of sp³-hybridized carbons (Fsp3) is 0.0769. The number of aromatic carboxylic acids is 1. The minimum Gasteiger partial charge on any atom is -0.493 e. The predicted octanol–water partition coefficient (Wildman–Crippen LogP) is 4.55. The van der Waals surface area contributed by atoms with E-state index >= 15 is 0 Å². The van der Waals surface area contributed by atoms with Gasteiger partial charge in [-0.05, 0) is 82.8 Å². The van der Waals surface area contributed by atoms with Crippen molar-refractivity contribution in [2.75, 3.05) is 12.0 Å². The molecule has 0 spiro atoms. The first-order chi connectivity index (χ1) is 17.7. The van der Waals surface area contributed by atoms with Crippen LogP contribution in [0.4, 0.5) is 10.1 Å². The van der Waals surface area contributed by atoms with Gasteiger partial charge in [-0.15, -0.1) is 0 Å². The number of halogens is 2. The Bertz CT molecular complexity index is 1480. The Morgan fingerprint density at radius 3 is 2.62 bits per heavy atom. The molecule has 0 radical (unpaired) electrons. The van der Waals surface area contributed by atoms with Gasteiger partial charge in [0.05, 0.1) is 21.9 Å². The number of rotatable bonds is 7. The summed E-state index contributed by atoms with van der Waals surface area (Å²) in [5.41, 5.74) is 0.780. The molecule has 1 heterocycles. The molecule has 8 nitrogen and oxygen atoms in total. The maximum Gasteiger partial charge on any atom is 0.335 e. The molecule has 3 aromatic carbocycles. The van der Waals surface area contributed by atoms with Crippen LogP contribution in [0.2, 0.25) is 0 Å². The first-order valence-electron chi connectivity index (χ1n) is 10.7. The number of carbonyl (C=O) groups excluding carboxylic acids is 2. The third kappa shape index (κ3) is 5.62. The van der Waals surface area contributed by atoms with E-state index in [0.717, 1.165) is 4.90 Å². The van der Waals surface area contributed by atoms with Crippen molar-refractivity contribution in [3.05, 3.63) is 92.3 Å². The highest BCUT2D eigenvalue weighted by molar-refractivity contribution is 14.1. The lowest BCUT2D eigenvalue weighted by molar-refractivity contribution is -0.122. The lowest BCUT2D eigenvalue weighted by atomic mass is 10.1. The fourth-order valence-electron chi connectivity index (χ4n) is 3.57. The Morgan fingerprint density at radius 2 is 1.92 bits per heavy atom. The van der Waals surface area contributed by atoms with Gasteiger partial charge < -0.3 is 14.6 Å². The van der Waals surface area contributed by atoms with Crippen LogP contribution in [0.3, 0.4) is 0 Å². The average molecular weight is 632 g/mol. The lowest BCUT2D eigenvalue weighted by Crippen LogP contribution is -2.54. The second-order valence-electron chi connectivity index (χ2n) is 7.73. The molecule has 0 aromatic heterocycles. The molecule has 0 aliphatic carbocycles. The van der Waals surface area contributed by atoms with Gasteiger partial charge in [0.2, 0.25) is 0 Å². The summed E-state index contributed by atoms with van der Waals surface area (Å²) in [7, 11) is 1.44. The third-order valence-corrected chi connectivity index (χ3v) is 6.43. The molecule has 0 atom stereocenters. The molecule has 2 N–H and O–H groups in total. The Labute approximate surface area is 229 Å². The van der Waals surface area contributed by atoms with Crippen molar-refractivity contribution in [1.82, 2.24) is 5.32 Å². The highest BCUT2D eigenvalue weighted by Crippen LogP contribution is 2.36. The summed E-state index contributed by atoms with van der Waals surface area (Å²) < 4.78 is 25.9. The molecule has 0 unspecified atom stereocenters. The van der Waals surface area contributed by atoms with Gasteiger partial charge in [0, 0.05) is 5.56 Å². The maximum absolute atomic E-state index is 14.0. The van der Waals surface area contributed by atoms with E-state index in [-0.39, 0.29) is 28.5 Å². The average Bonchev–Trinajstić information content (AvgIpc) is 2.86. The number of anilines is 1. The van der Waals surface area contributed by atoms with Crippen LogP contribution in [0.15, 0.2) is 66.2 Å². The predicted molar refractivity (Wildman–Crippen MR) is 146 cm³/mol. The zero-order valence-corrected chi connectivity index (χ0v) is 22.1. The van der Waals surface area contributed by atoms with Crippen LogP contribution >= 0.6 is 34.8 Å². The number of hydrogen-bond donors (Lipinski definition) is 2. The molecule has 0 bridgehead atoms. The minimum absolute atomic E-state index is 0.0256. The van der Waals surface area contributed by atoms with Crippen LogP contribution in [0.1, 0.15) is 21.5 Å². The molecule has 4 rings (SSSR count). The van der Waals surface area contributed by atoms with E-state index in [1.54, 1.807) is 30.3 Å². The Hall–Kier alpha value is -3.84. The van der Waals surface area contributed by atoms with Gasteiger partial charge in [0.15, 0.2) is 16.6 Å².